The number of nitrogens with zero attached hydrogens (tertiary/aromatic N) is 2. The summed E-state index contributed by atoms with van der Waals surface area (Å²) in [6.07, 6.45) is 0. The molecule has 17 heavy (non-hydrogen) atoms. The molecule has 2 aromatic carbocycles. The molecule has 0 amide bonds. The molecule has 0 aromatic heterocycles. The second-order valence-corrected chi connectivity index (χ2v) is 4.94. The second-order valence-electron chi connectivity index (χ2n) is 4.94. The molecule has 0 N–H and O–H groups in total. The molecule has 84 valence electrons. The van der Waals surface area contributed by atoms with Crippen molar-refractivity contribution < 1.29 is 0 Å². The van der Waals surface area contributed by atoms with E-state index in [1.807, 2.05) is 0 Å². The van der Waals surface area contributed by atoms with Crippen LogP contribution < -0.4 is 0 Å². The maximum Gasteiger partial charge on any atom is 0.0898 e. The van der Waals surface area contributed by atoms with Crippen molar-refractivity contribution in [3.05, 3.63) is 47.5 Å². The van der Waals surface area contributed by atoms with Crippen LogP contribution in [0.15, 0.2) is 36.4 Å². The third kappa shape index (κ3) is 0.960. The molecule has 0 radical (unpaired) electrons. The van der Waals surface area contributed by atoms with Crippen LogP contribution >= 0.6 is 0 Å². The van der Waals surface area contributed by atoms with Crippen LogP contribution in [0, 0.1) is 0 Å². The molecule has 0 unspecified atom stereocenters. The highest BCUT2D eigenvalue weighted by atomic mass is 15.4. The summed E-state index contributed by atoms with van der Waals surface area (Å²) in [5.41, 5.74) is 5.55. The van der Waals surface area contributed by atoms with E-state index in [2.05, 4.69) is 60.3 Å². The molecule has 2 heteroatoms. The SMILES string of the molecule is CN1CN(C)C2=C1c1cccc3cccc2c13. The Bertz CT molecular complexity index is 617. The van der Waals surface area contributed by atoms with Crippen LogP contribution in [-0.4, -0.2) is 30.6 Å². The topological polar surface area (TPSA) is 6.48 Å². The van der Waals surface area contributed by atoms with Gasteiger partial charge in [0.25, 0.3) is 0 Å². The van der Waals surface area contributed by atoms with Gasteiger partial charge < -0.3 is 9.80 Å². The zero-order valence-electron chi connectivity index (χ0n) is 10.1. The van der Waals surface area contributed by atoms with Crippen molar-refractivity contribution in [3.8, 4) is 0 Å². The molecule has 4 rings (SSSR count). The highest BCUT2D eigenvalue weighted by Gasteiger charge is 2.33. The summed E-state index contributed by atoms with van der Waals surface area (Å²) >= 11 is 0. The lowest BCUT2D eigenvalue weighted by atomic mass is 10.0. The van der Waals surface area contributed by atoms with Gasteiger partial charge in [-0.15, -0.1) is 0 Å². The molecule has 0 spiro atoms. The Morgan fingerprint density at radius 3 is 1.88 bits per heavy atom. The van der Waals surface area contributed by atoms with Gasteiger partial charge in [0, 0.05) is 30.6 Å². The molecule has 1 aliphatic heterocycles. The molecule has 2 nitrogen and oxygen atoms in total. The minimum absolute atomic E-state index is 0.982. The normalized spacial score (nSPS) is 17.3. The second kappa shape index (κ2) is 2.83. The van der Waals surface area contributed by atoms with Gasteiger partial charge in [0.1, 0.15) is 0 Å². The molecule has 2 aliphatic rings. The van der Waals surface area contributed by atoms with Gasteiger partial charge in [-0.05, 0) is 5.39 Å². The van der Waals surface area contributed by atoms with Crippen molar-refractivity contribution in [3.63, 3.8) is 0 Å². The van der Waals surface area contributed by atoms with Crippen LogP contribution in [0.3, 0.4) is 0 Å². The van der Waals surface area contributed by atoms with E-state index in [0.717, 1.165) is 6.67 Å². The first-order valence-electron chi connectivity index (χ1n) is 5.96. The fraction of sp³-hybridized carbons (Fsp3) is 0.200. The number of fused-ring (bicyclic) bond motifs is 2. The fourth-order valence-corrected chi connectivity index (χ4v) is 3.22. The van der Waals surface area contributed by atoms with Gasteiger partial charge in [-0.3, -0.25) is 0 Å². The third-order valence-electron chi connectivity index (χ3n) is 3.83. The summed E-state index contributed by atoms with van der Waals surface area (Å²) in [6.45, 7) is 0.982. The lowest BCUT2D eigenvalue weighted by Crippen LogP contribution is -2.21. The molecular weight excluding hydrogens is 208 g/mol. The minimum atomic E-state index is 0.982. The molecule has 0 atom stereocenters. The summed E-state index contributed by atoms with van der Waals surface area (Å²) in [6, 6.07) is 13.2. The Morgan fingerprint density at radius 2 is 1.35 bits per heavy atom. The van der Waals surface area contributed by atoms with E-state index < -0.39 is 0 Å². The maximum atomic E-state index is 2.34. The van der Waals surface area contributed by atoms with Crippen molar-refractivity contribution in [2.45, 2.75) is 0 Å². The largest absolute Gasteiger partial charge is 0.355 e. The molecule has 2 aromatic rings. The summed E-state index contributed by atoms with van der Waals surface area (Å²) < 4.78 is 0. The molecule has 1 aliphatic carbocycles. The van der Waals surface area contributed by atoms with Crippen LogP contribution in [0.5, 0.6) is 0 Å². The highest BCUT2D eigenvalue weighted by Crippen LogP contribution is 2.46. The van der Waals surface area contributed by atoms with E-state index in [9.17, 15) is 0 Å². The highest BCUT2D eigenvalue weighted by molar-refractivity contribution is 6.13. The minimum Gasteiger partial charge on any atom is -0.355 e. The molecular formula is C15H14N2. The van der Waals surface area contributed by atoms with Crippen LogP contribution in [0.25, 0.3) is 22.2 Å². The van der Waals surface area contributed by atoms with Crippen LogP contribution in [0.1, 0.15) is 11.1 Å². The first-order chi connectivity index (χ1) is 8.27. The zero-order chi connectivity index (χ0) is 11.6. The first-order valence-corrected chi connectivity index (χ1v) is 5.96. The monoisotopic (exact) mass is 222 g/mol. The van der Waals surface area contributed by atoms with Crippen molar-refractivity contribution in [1.82, 2.24) is 9.80 Å². The average Bonchev–Trinajstić information content (AvgIpc) is 2.81. The first kappa shape index (κ1) is 9.11. The summed E-state index contributed by atoms with van der Waals surface area (Å²) in [7, 11) is 4.34. The summed E-state index contributed by atoms with van der Waals surface area (Å²) in [4.78, 5) is 4.67. The Balaban J connectivity index is 2.16. The van der Waals surface area contributed by atoms with Gasteiger partial charge in [-0.25, -0.2) is 0 Å². The van der Waals surface area contributed by atoms with Gasteiger partial charge in [0.15, 0.2) is 0 Å². The maximum absolute atomic E-state index is 2.34. The third-order valence-corrected chi connectivity index (χ3v) is 3.83. The van der Waals surface area contributed by atoms with Crippen molar-refractivity contribution in [2.24, 2.45) is 0 Å². The predicted molar refractivity (Wildman–Crippen MR) is 71.2 cm³/mol. The van der Waals surface area contributed by atoms with Gasteiger partial charge in [0.05, 0.1) is 18.1 Å². The Hall–Kier alpha value is -1.96. The number of hydrogen-bond acceptors (Lipinski definition) is 2. The lowest BCUT2D eigenvalue weighted by molar-refractivity contribution is 0.355. The lowest BCUT2D eigenvalue weighted by Gasteiger charge is -2.19. The van der Waals surface area contributed by atoms with E-state index in [4.69, 9.17) is 0 Å². The molecule has 0 saturated carbocycles. The number of rotatable bonds is 0. The molecule has 0 bridgehead atoms. The summed E-state index contributed by atoms with van der Waals surface area (Å²) in [5.74, 6) is 0. The standard InChI is InChI=1S/C15H14N2/c1-16-9-17(2)15-12-8-4-6-10-5-3-7-11(13(10)12)14(15)16/h3-8H,9H2,1-2H3. The van der Waals surface area contributed by atoms with Crippen molar-refractivity contribution in [1.29, 1.82) is 0 Å². The van der Waals surface area contributed by atoms with Gasteiger partial charge in [-0.1, -0.05) is 36.4 Å². The van der Waals surface area contributed by atoms with E-state index in [0.29, 0.717) is 0 Å². The molecule has 0 fully saturated rings. The number of benzene rings is 2. The zero-order valence-corrected chi connectivity index (χ0v) is 10.1. The summed E-state index contributed by atoms with van der Waals surface area (Å²) in [5, 5.41) is 2.76. The fourth-order valence-electron chi connectivity index (χ4n) is 3.22. The number of hydrogen-bond donors (Lipinski definition) is 0. The van der Waals surface area contributed by atoms with Gasteiger partial charge in [0.2, 0.25) is 0 Å². The van der Waals surface area contributed by atoms with Gasteiger partial charge in [-0.2, -0.15) is 0 Å². The molecule has 0 saturated heterocycles. The quantitative estimate of drug-likeness (QED) is 0.676. The molecule has 1 heterocycles. The Labute approximate surface area is 101 Å². The Kier molecular flexibility index (Phi) is 1.52. The van der Waals surface area contributed by atoms with E-state index in [1.54, 1.807) is 0 Å². The average molecular weight is 222 g/mol. The van der Waals surface area contributed by atoms with Gasteiger partial charge >= 0.3 is 0 Å². The Morgan fingerprint density at radius 1 is 0.824 bits per heavy atom. The van der Waals surface area contributed by atoms with Crippen molar-refractivity contribution in [2.75, 3.05) is 20.8 Å². The van der Waals surface area contributed by atoms with Crippen molar-refractivity contribution >= 4 is 22.2 Å². The van der Waals surface area contributed by atoms with E-state index in [1.165, 1.54) is 33.3 Å². The van der Waals surface area contributed by atoms with E-state index >= 15 is 0 Å². The van der Waals surface area contributed by atoms with E-state index in [-0.39, 0.29) is 0 Å². The smallest absolute Gasteiger partial charge is 0.0898 e. The van der Waals surface area contributed by atoms with Crippen LogP contribution in [-0.2, 0) is 0 Å². The van der Waals surface area contributed by atoms with Crippen LogP contribution in [0.4, 0.5) is 0 Å². The van der Waals surface area contributed by atoms with Crippen LogP contribution in [0.2, 0.25) is 0 Å². The predicted octanol–water partition coefficient (Wildman–Crippen LogP) is 2.81.